The van der Waals surface area contributed by atoms with Crippen molar-refractivity contribution >= 4 is 16.6 Å². The molecule has 0 spiro atoms. The molecule has 0 saturated heterocycles. The van der Waals surface area contributed by atoms with Gasteiger partial charge in [0.15, 0.2) is 0 Å². The number of hydrogen-bond donors (Lipinski definition) is 1. The van der Waals surface area contributed by atoms with Crippen molar-refractivity contribution in [2.75, 3.05) is 6.61 Å². The minimum Gasteiger partial charge on any atom is -0.491 e. The van der Waals surface area contributed by atoms with Crippen LogP contribution in [0.15, 0.2) is 59.4 Å². The third kappa shape index (κ3) is 3.63. The Hall–Kier alpha value is -3.12. The monoisotopic (exact) mass is 391 g/mol. The minimum atomic E-state index is -0.840. The fraction of sp³-hybridized carbons (Fsp3) is 0.304. The Morgan fingerprint density at radius 3 is 2.62 bits per heavy atom. The van der Waals surface area contributed by atoms with Crippen LogP contribution < -0.4 is 10.3 Å². The van der Waals surface area contributed by atoms with Crippen molar-refractivity contribution in [1.82, 2.24) is 14.2 Å². The fourth-order valence-corrected chi connectivity index (χ4v) is 3.66. The van der Waals surface area contributed by atoms with E-state index in [1.807, 2.05) is 55.5 Å². The zero-order valence-corrected chi connectivity index (χ0v) is 16.9. The van der Waals surface area contributed by atoms with Crippen molar-refractivity contribution in [3.63, 3.8) is 0 Å². The molecule has 4 rings (SSSR count). The summed E-state index contributed by atoms with van der Waals surface area (Å²) in [4.78, 5) is 13.1. The third-order valence-electron chi connectivity index (χ3n) is 5.06. The van der Waals surface area contributed by atoms with Gasteiger partial charge in [0.1, 0.15) is 24.1 Å². The SMILES string of the molecule is Cc1cc2n(CC(O)COc3ccccc3C(C)C)c(=O)c3ccccc3n2n1. The number of hydrogen-bond acceptors (Lipinski definition) is 4. The molecule has 29 heavy (non-hydrogen) atoms. The second-order valence-corrected chi connectivity index (χ2v) is 7.65. The molecular formula is C23H25N3O3. The first-order chi connectivity index (χ1) is 14.0. The summed E-state index contributed by atoms with van der Waals surface area (Å²) in [5.74, 6) is 1.08. The summed E-state index contributed by atoms with van der Waals surface area (Å²) in [5, 5.41) is 15.7. The van der Waals surface area contributed by atoms with Crippen LogP contribution in [0.5, 0.6) is 5.75 Å². The van der Waals surface area contributed by atoms with Crippen LogP contribution in [0.25, 0.3) is 16.6 Å². The van der Waals surface area contributed by atoms with Crippen molar-refractivity contribution in [3.05, 3.63) is 76.2 Å². The Morgan fingerprint density at radius 2 is 1.83 bits per heavy atom. The maximum Gasteiger partial charge on any atom is 0.261 e. The molecule has 0 bridgehead atoms. The molecule has 0 aliphatic rings. The van der Waals surface area contributed by atoms with Crippen LogP contribution >= 0.6 is 0 Å². The Morgan fingerprint density at radius 1 is 1.10 bits per heavy atom. The first-order valence-corrected chi connectivity index (χ1v) is 9.83. The van der Waals surface area contributed by atoms with Gasteiger partial charge in [-0.15, -0.1) is 0 Å². The zero-order chi connectivity index (χ0) is 20.5. The molecule has 0 fully saturated rings. The molecule has 4 aromatic rings. The van der Waals surface area contributed by atoms with Gasteiger partial charge in [0.05, 0.1) is 23.1 Å². The molecule has 2 heterocycles. The number of aromatic nitrogens is 3. The number of aryl methyl sites for hydroxylation is 1. The second-order valence-electron chi connectivity index (χ2n) is 7.65. The highest BCUT2D eigenvalue weighted by Gasteiger charge is 2.16. The average molecular weight is 391 g/mol. The van der Waals surface area contributed by atoms with E-state index in [1.54, 1.807) is 15.1 Å². The molecular weight excluding hydrogens is 366 g/mol. The van der Waals surface area contributed by atoms with Gasteiger partial charge in [-0.2, -0.15) is 5.10 Å². The van der Waals surface area contributed by atoms with E-state index in [-0.39, 0.29) is 18.7 Å². The Bertz CT molecular complexity index is 1220. The van der Waals surface area contributed by atoms with Crippen LogP contribution in [-0.4, -0.2) is 32.0 Å². The molecule has 1 atom stereocenters. The number of rotatable bonds is 6. The van der Waals surface area contributed by atoms with Gasteiger partial charge in [-0.25, -0.2) is 4.52 Å². The smallest absolute Gasteiger partial charge is 0.261 e. The van der Waals surface area contributed by atoms with E-state index in [0.717, 1.165) is 22.5 Å². The predicted molar refractivity (Wildman–Crippen MR) is 114 cm³/mol. The number of aliphatic hydroxyl groups excluding tert-OH is 1. The zero-order valence-electron chi connectivity index (χ0n) is 16.9. The lowest BCUT2D eigenvalue weighted by molar-refractivity contribution is 0.0919. The van der Waals surface area contributed by atoms with Crippen LogP contribution in [0.4, 0.5) is 0 Å². The lowest BCUT2D eigenvalue weighted by atomic mass is 10.0. The van der Waals surface area contributed by atoms with E-state index in [4.69, 9.17) is 4.74 Å². The molecule has 2 aromatic heterocycles. The van der Waals surface area contributed by atoms with Gasteiger partial charge in [-0.3, -0.25) is 9.36 Å². The maximum absolute atomic E-state index is 13.1. The highest BCUT2D eigenvalue weighted by molar-refractivity contribution is 5.80. The molecule has 2 aromatic carbocycles. The number of aliphatic hydroxyl groups is 1. The van der Waals surface area contributed by atoms with Gasteiger partial charge in [-0.05, 0) is 36.6 Å². The summed E-state index contributed by atoms with van der Waals surface area (Å²) in [7, 11) is 0. The van der Waals surface area contributed by atoms with Crippen molar-refractivity contribution < 1.29 is 9.84 Å². The summed E-state index contributed by atoms with van der Waals surface area (Å²) < 4.78 is 9.22. The lowest BCUT2D eigenvalue weighted by Gasteiger charge is -2.18. The van der Waals surface area contributed by atoms with Crippen molar-refractivity contribution in [3.8, 4) is 5.75 Å². The molecule has 150 valence electrons. The second kappa shape index (κ2) is 7.72. The van der Waals surface area contributed by atoms with E-state index >= 15 is 0 Å². The van der Waals surface area contributed by atoms with Gasteiger partial charge in [0.2, 0.25) is 0 Å². The molecule has 0 aliphatic heterocycles. The van der Waals surface area contributed by atoms with E-state index < -0.39 is 6.10 Å². The molecule has 6 heteroatoms. The predicted octanol–water partition coefficient (Wildman–Crippen LogP) is 3.52. The Kier molecular flexibility index (Phi) is 5.11. The van der Waals surface area contributed by atoms with E-state index in [0.29, 0.717) is 17.0 Å². The van der Waals surface area contributed by atoms with E-state index in [2.05, 4.69) is 18.9 Å². The number of benzene rings is 2. The minimum absolute atomic E-state index is 0.0995. The van der Waals surface area contributed by atoms with Crippen molar-refractivity contribution in [1.29, 1.82) is 0 Å². The fourth-order valence-electron chi connectivity index (χ4n) is 3.66. The summed E-state index contributed by atoms with van der Waals surface area (Å²) >= 11 is 0. The van der Waals surface area contributed by atoms with Gasteiger partial charge < -0.3 is 9.84 Å². The summed E-state index contributed by atoms with van der Waals surface area (Å²) in [6, 6.07) is 17.1. The third-order valence-corrected chi connectivity index (χ3v) is 5.06. The summed E-state index contributed by atoms with van der Waals surface area (Å²) in [6.45, 7) is 6.32. The molecule has 0 saturated carbocycles. The Balaban J connectivity index is 1.64. The summed E-state index contributed by atoms with van der Waals surface area (Å²) in [5.41, 5.74) is 3.18. The van der Waals surface area contributed by atoms with Crippen molar-refractivity contribution in [2.24, 2.45) is 0 Å². The molecule has 6 nitrogen and oxygen atoms in total. The van der Waals surface area contributed by atoms with E-state index in [9.17, 15) is 9.90 Å². The van der Waals surface area contributed by atoms with Gasteiger partial charge >= 0.3 is 0 Å². The van der Waals surface area contributed by atoms with Crippen molar-refractivity contribution in [2.45, 2.75) is 39.3 Å². The number of nitrogens with zero attached hydrogens (tertiary/aromatic N) is 3. The number of para-hydroxylation sites is 2. The average Bonchev–Trinajstić information content (AvgIpc) is 3.11. The van der Waals surface area contributed by atoms with Crippen LogP contribution in [-0.2, 0) is 6.54 Å². The highest BCUT2D eigenvalue weighted by Crippen LogP contribution is 2.26. The van der Waals surface area contributed by atoms with Gasteiger partial charge in [0, 0.05) is 6.07 Å². The molecule has 0 radical (unpaired) electrons. The molecule has 1 unspecified atom stereocenters. The number of ether oxygens (including phenoxy) is 1. The molecule has 0 aliphatic carbocycles. The molecule has 0 amide bonds. The first kappa shape index (κ1) is 19.2. The quantitative estimate of drug-likeness (QED) is 0.546. The first-order valence-electron chi connectivity index (χ1n) is 9.83. The summed E-state index contributed by atoms with van der Waals surface area (Å²) in [6.07, 6.45) is -0.840. The topological polar surface area (TPSA) is 68.8 Å². The molecule has 1 N–H and O–H groups in total. The highest BCUT2D eigenvalue weighted by atomic mass is 16.5. The van der Waals surface area contributed by atoms with Crippen LogP contribution in [0.3, 0.4) is 0 Å². The van der Waals surface area contributed by atoms with Crippen LogP contribution in [0.1, 0.15) is 31.0 Å². The maximum atomic E-state index is 13.1. The standard InChI is InChI=1S/C23H25N3O3/c1-15(2)18-8-5-7-11-21(18)29-14-17(27)13-25-22-12-16(3)24-26(22)20-10-6-4-9-19(20)23(25)28/h4-12,15,17,27H,13-14H2,1-3H3. The number of fused-ring (bicyclic) bond motifs is 3. The largest absolute Gasteiger partial charge is 0.491 e. The van der Waals surface area contributed by atoms with E-state index in [1.165, 1.54) is 0 Å². The Labute approximate surface area is 169 Å². The van der Waals surface area contributed by atoms with Crippen LogP contribution in [0.2, 0.25) is 0 Å². The normalized spacial score (nSPS) is 12.7. The lowest BCUT2D eigenvalue weighted by Crippen LogP contribution is -2.31. The van der Waals surface area contributed by atoms with Gasteiger partial charge in [0.25, 0.3) is 5.56 Å². The van der Waals surface area contributed by atoms with Crippen LogP contribution in [0, 0.1) is 6.92 Å². The van der Waals surface area contributed by atoms with Gasteiger partial charge in [-0.1, -0.05) is 44.2 Å².